The van der Waals surface area contributed by atoms with E-state index in [0.717, 1.165) is 10.7 Å². The molecule has 76 valence electrons. The van der Waals surface area contributed by atoms with Gasteiger partial charge in [-0.05, 0) is 28.7 Å². The van der Waals surface area contributed by atoms with Crippen LogP contribution >= 0.6 is 33.9 Å². The fraction of sp³-hybridized carbons (Fsp3) is 0. The molecule has 0 radical (unpaired) electrons. The van der Waals surface area contributed by atoms with Crippen LogP contribution in [-0.4, -0.2) is 11.2 Å². The van der Waals surface area contributed by atoms with Crippen LogP contribution in [0.25, 0.3) is 0 Å². The highest BCUT2D eigenvalue weighted by Crippen LogP contribution is 2.11. The Labute approximate surface area is 105 Å². The zero-order chi connectivity index (χ0) is 10.5. The van der Waals surface area contributed by atoms with Gasteiger partial charge < -0.3 is 0 Å². The van der Waals surface area contributed by atoms with Crippen LogP contribution in [0.3, 0.4) is 0 Å². The van der Waals surface area contributed by atoms with Crippen molar-refractivity contribution in [2.45, 2.75) is 0 Å². The molecule has 0 fully saturated rings. The molecule has 3 nitrogen and oxygen atoms in total. The Bertz CT molecular complexity index is 453. The quantitative estimate of drug-likeness (QED) is 0.533. The fourth-order valence-corrected chi connectivity index (χ4v) is 2.02. The number of anilines is 1. The van der Waals surface area contributed by atoms with Crippen molar-refractivity contribution < 1.29 is 0 Å². The first-order valence-corrected chi connectivity index (χ1v) is 6.25. The second kappa shape index (κ2) is 5.22. The second-order valence-electron chi connectivity index (χ2n) is 2.73. The van der Waals surface area contributed by atoms with Gasteiger partial charge in [0, 0.05) is 20.7 Å². The van der Waals surface area contributed by atoms with Gasteiger partial charge in [-0.3, -0.25) is 5.43 Å². The number of nitrogens with zero attached hydrogens (tertiary/aromatic N) is 2. The monoisotopic (exact) mass is 329 g/mol. The summed E-state index contributed by atoms with van der Waals surface area (Å²) in [5.41, 5.74) is 3.97. The van der Waals surface area contributed by atoms with E-state index in [1.165, 1.54) is 14.9 Å². The zero-order valence-corrected chi connectivity index (χ0v) is 10.7. The molecule has 0 unspecified atom stereocenters. The molecule has 2 rings (SSSR count). The second-order valence-corrected chi connectivity index (χ2v) is 4.79. The van der Waals surface area contributed by atoms with Crippen molar-refractivity contribution in [2.24, 2.45) is 5.10 Å². The lowest BCUT2D eigenvalue weighted by atomic mass is 10.2. The lowest BCUT2D eigenvalue weighted by Crippen LogP contribution is -1.91. The zero-order valence-electron chi connectivity index (χ0n) is 7.72. The molecular formula is C10H8IN3S. The minimum atomic E-state index is 0.803. The van der Waals surface area contributed by atoms with Crippen LogP contribution in [0.15, 0.2) is 40.9 Å². The van der Waals surface area contributed by atoms with Crippen LogP contribution in [0, 0.1) is 3.57 Å². The molecule has 0 aliphatic rings. The maximum Gasteiger partial charge on any atom is 0.203 e. The van der Waals surface area contributed by atoms with Crippen molar-refractivity contribution in [1.29, 1.82) is 0 Å². The predicted molar refractivity (Wildman–Crippen MR) is 72.5 cm³/mol. The molecule has 0 atom stereocenters. The molecule has 0 aliphatic carbocycles. The highest BCUT2D eigenvalue weighted by atomic mass is 127. The summed E-state index contributed by atoms with van der Waals surface area (Å²) in [6, 6.07) is 8.07. The number of aromatic nitrogens is 1. The van der Waals surface area contributed by atoms with Crippen molar-refractivity contribution in [3.8, 4) is 0 Å². The summed E-state index contributed by atoms with van der Waals surface area (Å²) in [7, 11) is 0. The predicted octanol–water partition coefficient (Wildman–Crippen LogP) is 3.19. The van der Waals surface area contributed by atoms with Crippen LogP contribution in [0.4, 0.5) is 5.13 Å². The van der Waals surface area contributed by atoms with Crippen LogP contribution in [-0.2, 0) is 0 Å². The van der Waals surface area contributed by atoms with Gasteiger partial charge in [0.05, 0.1) is 6.21 Å². The van der Waals surface area contributed by atoms with Crippen LogP contribution in [0.2, 0.25) is 0 Å². The first kappa shape index (κ1) is 10.6. The summed E-state index contributed by atoms with van der Waals surface area (Å²) in [4.78, 5) is 4.06. The molecule has 0 saturated heterocycles. The number of hydrazone groups is 1. The summed E-state index contributed by atoms with van der Waals surface area (Å²) < 4.78 is 1.18. The Kier molecular flexibility index (Phi) is 3.68. The van der Waals surface area contributed by atoms with E-state index in [-0.39, 0.29) is 0 Å². The van der Waals surface area contributed by atoms with Crippen molar-refractivity contribution >= 4 is 45.3 Å². The Morgan fingerprint density at radius 1 is 1.40 bits per heavy atom. The normalized spacial score (nSPS) is 10.7. The maximum absolute atomic E-state index is 4.11. The first-order valence-electron chi connectivity index (χ1n) is 4.29. The van der Waals surface area contributed by atoms with E-state index in [1.54, 1.807) is 12.4 Å². The Hall–Kier alpha value is -0.950. The average Bonchev–Trinajstić information content (AvgIpc) is 2.74. The molecule has 5 heteroatoms. The highest BCUT2D eigenvalue weighted by Gasteiger charge is 1.93. The minimum Gasteiger partial charge on any atom is -0.253 e. The minimum absolute atomic E-state index is 0.803. The van der Waals surface area contributed by atoms with E-state index >= 15 is 0 Å². The molecule has 0 saturated carbocycles. The van der Waals surface area contributed by atoms with Gasteiger partial charge in [-0.1, -0.05) is 18.2 Å². The summed E-state index contributed by atoms with van der Waals surface area (Å²) in [6.45, 7) is 0. The largest absolute Gasteiger partial charge is 0.253 e. The Morgan fingerprint density at radius 3 is 3.00 bits per heavy atom. The molecule has 15 heavy (non-hydrogen) atoms. The van der Waals surface area contributed by atoms with E-state index in [2.05, 4.69) is 38.1 Å². The van der Waals surface area contributed by atoms with Crippen molar-refractivity contribution in [3.63, 3.8) is 0 Å². The lowest BCUT2D eigenvalue weighted by molar-refractivity contribution is 1.29. The smallest absolute Gasteiger partial charge is 0.203 e. The van der Waals surface area contributed by atoms with Crippen molar-refractivity contribution in [1.82, 2.24) is 4.98 Å². The maximum atomic E-state index is 4.11. The third kappa shape index (κ3) is 3.00. The molecule has 1 heterocycles. The highest BCUT2D eigenvalue weighted by molar-refractivity contribution is 14.1. The number of rotatable bonds is 3. The van der Waals surface area contributed by atoms with Gasteiger partial charge in [0.25, 0.3) is 0 Å². The fourth-order valence-electron chi connectivity index (χ4n) is 1.02. The third-order valence-electron chi connectivity index (χ3n) is 1.70. The van der Waals surface area contributed by atoms with Gasteiger partial charge >= 0.3 is 0 Å². The SMILES string of the molecule is Ic1ccccc1/C=N/Nc1nccs1. The molecule has 2 aromatic rings. The van der Waals surface area contributed by atoms with Gasteiger partial charge in [0.15, 0.2) is 0 Å². The molecule has 0 amide bonds. The van der Waals surface area contributed by atoms with E-state index in [4.69, 9.17) is 0 Å². The van der Waals surface area contributed by atoms with Gasteiger partial charge in [-0.25, -0.2) is 4.98 Å². The number of thiazole rings is 1. The van der Waals surface area contributed by atoms with Crippen LogP contribution in [0.5, 0.6) is 0 Å². The molecule has 0 spiro atoms. The number of hydrogen-bond acceptors (Lipinski definition) is 4. The van der Waals surface area contributed by atoms with E-state index < -0.39 is 0 Å². The summed E-state index contributed by atoms with van der Waals surface area (Å²) >= 11 is 3.81. The standard InChI is InChI=1S/C10H8IN3S/c11-9-4-2-1-3-8(9)7-13-14-10-12-5-6-15-10/h1-7H,(H,12,14)/b13-7+. The summed E-state index contributed by atoms with van der Waals surface area (Å²) in [5, 5.41) is 6.82. The average molecular weight is 329 g/mol. The van der Waals surface area contributed by atoms with Crippen LogP contribution < -0.4 is 5.43 Å². The van der Waals surface area contributed by atoms with E-state index in [0.29, 0.717) is 0 Å². The molecule has 1 N–H and O–H groups in total. The van der Waals surface area contributed by atoms with Gasteiger partial charge in [0.2, 0.25) is 5.13 Å². The Morgan fingerprint density at radius 2 is 2.27 bits per heavy atom. The molecule has 1 aromatic heterocycles. The van der Waals surface area contributed by atoms with Gasteiger partial charge in [-0.15, -0.1) is 11.3 Å². The molecule has 0 bridgehead atoms. The third-order valence-corrected chi connectivity index (χ3v) is 3.36. The first-order chi connectivity index (χ1) is 7.36. The molecule has 0 aliphatic heterocycles. The van der Waals surface area contributed by atoms with Crippen molar-refractivity contribution in [3.05, 3.63) is 45.0 Å². The number of benzene rings is 1. The van der Waals surface area contributed by atoms with Crippen LogP contribution in [0.1, 0.15) is 5.56 Å². The van der Waals surface area contributed by atoms with Gasteiger partial charge in [-0.2, -0.15) is 5.10 Å². The molecule has 1 aromatic carbocycles. The van der Waals surface area contributed by atoms with Gasteiger partial charge in [0.1, 0.15) is 0 Å². The number of halogens is 1. The van der Waals surface area contributed by atoms with E-state index in [1.807, 2.05) is 29.6 Å². The lowest BCUT2D eigenvalue weighted by Gasteiger charge is -1.96. The number of nitrogens with one attached hydrogen (secondary N) is 1. The number of hydrogen-bond donors (Lipinski definition) is 1. The Balaban J connectivity index is 2.03. The summed E-state index contributed by atoms with van der Waals surface area (Å²) in [6.07, 6.45) is 3.54. The molecular weight excluding hydrogens is 321 g/mol. The van der Waals surface area contributed by atoms with E-state index in [9.17, 15) is 0 Å². The van der Waals surface area contributed by atoms with Crippen molar-refractivity contribution in [2.75, 3.05) is 5.43 Å². The summed E-state index contributed by atoms with van der Waals surface area (Å²) in [5.74, 6) is 0. The topological polar surface area (TPSA) is 37.3 Å².